The summed E-state index contributed by atoms with van der Waals surface area (Å²) in [5, 5.41) is 9.19. The number of aromatic nitrogens is 2. The van der Waals surface area contributed by atoms with E-state index in [2.05, 4.69) is 42.0 Å². The molecule has 0 aliphatic carbocycles. The third kappa shape index (κ3) is 2.52. The van der Waals surface area contributed by atoms with Crippen molar-refractivity contribution in [3.63, 3.8) is 0 Å². The molecule has 0 atom stereocenters. The van der Waals surface area contributed by atoms with Gasteiger partial charge in [0.2, 0.25) is 0 Å². The van der Waals surface area contributed by atoms with E-state index >= 15 is 0 Å². The van der Waals surface area contributed by atoms with Gasteiger partial charge in [-0.05, 0) is 42.7 Å². The molecule has 21 heavy (non-hydrogen) atoms. The number of H-pyrrole nitrogens is 1. The van der Waals surface area contributed by atoms with E-state index in [1.165, 1.54) is 11.1 Å². The highest BCUT2D eigenvalue weighted by atomic mass is 16.4. The van der Waals surface area contributed by atoms with Gasteiger partial charge in [0.15, 0.2) is 0 Å². The van der Waals surface area contributed by atoms with Crippen LogP contribution in [0.4, 0.5) is 0 Å². The third-order valence-corrected chi connectivity index (χ3v) is 3.74. The summed E-state index contributed by atoms with van der Waals surface area (Å²) in [6.07, 6.45) is 0.662. The molecule has 0 spiro atoms. The molecule has 0 aliphatic heterocycles. The van der Waals surface area contributed by atoms with Crippen LogP contribution >= 0.6 is 0 Å². The number of para-hydroxylation sites is 1. The average Bonchev–Trinajstić information content (AvgIpc) is 2.84. The van der Waals surface area contributed by atoms with Crippen molar-refractivity contribution in [2.45, 2.75) is 20.3 Å². The molecule has 2 aromatic carbocycles. The van der Waals surface area contributed by atoms with Gasteiger partial charge in [-0.2, -0.15) is 0 Å². The van der Waals surface area contributed by atoms with E-state index in [0.717, 1.165) is 16.9 Å². The van der Waals surface area contributed by atoms with Gasteiger partial charge in [-0.15, -0.1) is 0 Å². The number of carboxylic acid groups (broad SMARTS) is 1. The molecule has 4 nitrogen and oxygen atoms in total. The Kier molecular flexibility index (Phi) is 3.22. The molecule has 0 saturated carbocycles. The van der Waals surface area contributed by atoms with Crippen LogP contribution in [0, 0.1) is 13.8 Å². The van der Waals surface area contributed by atoms with Crippen LogP contribution in [0.1, 0.15) is 32.9 Å². The predicted molar refractivity (Wildman–Crippen MR) is 81.8 cm³/mol. The van der Waals surface area contributed by atoms with E-state index in [1.807, 2.05) is 6.07 Å². The number of carboxylic acids is 1. The first-order chi connectivity index (χ1) is 10.0. The first-order valence-corrected chi connectivity index (χ1v) is 6.81. The number of nitrogens with zero attached hydrogens (tertiary/aromatic N) is 1. The molecule has 106 valence electrons. The molecule has 2 N–H and O–H groups in total. The standard InChI is InChI=1S/C17H16N2O2/c1-10-6-7-12(8-11(10)2)9-15-18-14-5-3-4-13(17(20)21)16(14)19-15/h3-8H,9H2,1-2H3,(H,18,19)(H,20,21). The molecule has 0 amide bonds. The number of aryl methyl sites for hydroxylation is 2. The summed E-state index contributed by atoms with van der Waals surface area (Å²) < 4.78 is 0. The van der Waals surface area contributed by atoms with Gasteiger partial charge >= 0.3 is 5.97 Å². The number of hydrogen-bond donors (Lipinski definition) is 2. The number of hydrogen-bond acceptors (Lipinski definition) is 2. The summed E-state index contributed by atoms with van der Waals surface area (Å²) in [4.78, 5) is 18.9. The Morgan fingerprint density at radius 3 is 2.71 bits per heavy atom. The zero-order chi connectivity index (χ0) is 15.0. The van der Waals surface area contributed by atoms with Crippen molar-refractivity contribution < 1.29 is 9.90 Å². The molecule has 1 aromatic heterocycles. The van der Waals surface area contributed by atoms with Crippen LogP contribution in [-0.2, 0) is 6.42 Å². The highest BCUT2D eigenvalue weighted by molar-refractivity contribution is 6.00. The fraction of sp³-hybridized carbons (Fsp3) is 0.176. The molecule has 0 unspecified atom stereocenters. The molecular formula is C17H16N2O2. The molecule has 0 aliphatic rings. The average molecular weight is 280 g/mol. The maximum Gasteiger partial charge on any atom is 0.337 e. The first-order valence-electron chi connectivity index (χ1n) is 6.81. The van der Waals surface area contributed by atoms with Crippen LogP contribution in [-0.4, -0.2) is 21.0 Å². The number of carbonyl (C=O) groups is 1. The van der Waals surface area contributed by atoms with Crippen LogP contribution in [0.2, 0.25) is 0 Å². The molecule has 4 heteroatoms. The highest BCUT2D eigenvalue weighted by Crippen LogP contribution is 2.19. The van der Waals surface area contributed by atoms with Gasteiger partial charge in [0.1, 0.15) is 11.3 Å². The Hall–Kier alpha value is -2.62. The van der Waals surface area contributed by atoms with E-state index in [1.54, 1.807) is 12.1 Å². The van der Waals surface area contributed by atoms with Crippen LogP contribution in [0.15, 0.2) is 36.4 Å². The van der Waals surface area contributed by atoms with Gasteiger partial charge in [-0.25, -0.2) is 9.78 Å². The number of aromatic amines is 1. The van der Waals surface area contributed by atoms with Crippen molar-refractivity contribution in [2.24, 2.45) is 0 Å². The summed E-state index contributed by atoms with van der Waals surface area (Å²) in [6, 6.07) is 11.5. The summed E-state index contributed by atoms with van der Waals surface area (Å²) in [6.45, 7) is 4.17. The van der Waals surface area contributed by atoms with Gasteiger partial charge in [-0.1, -0.05) is 24.3 Å². The monoisotopic (exact) mass is 280 g/mol. The minimum absolute atomic E-state index is 0.232. The van der Waals surface area contributed by atoms with Crippen molar-refractivity contribution >= 4 is 17.0 Å². The Morgan fingerprint density at radius 2 is 2.00 bits per heavy atom. The summed E-state index contributed by atoms with van der Waals surface area (Å²) in [5.74, 6) is -0.174. The SMILES string of the molecule is Cc1ccc(Cc2nc3c(C(=O)O)cccc3[nH]2)cc1C. The summed E-state index contributed by atoms with van der Waals surface area (Å²) in [7, 11) is 0. The third-order valence-electron chi connectivity index (χ3n) is 3.74. The van der Waals surface area contributed by atoms with Crippen molar-refractivity contribution in [2.75, 3.05) is 0 Å². The number of imidazole rings is 1. The Bertz CT molecular complexity index is 834. The van der Waals surface area contributed by atoms with Gasteiger partial charge in [-0.3, -0.25) is 0 Å². The largest absolute Gasteiger partial charge is 0.478 e. The van der Waals surface area contributed by atoms with Gasteiger partial charge < -0.3 is 10.1 Å². The van der Waals surface area contributed by atoms with E-state index in [4.69, 9.17) is 0 Å². The number of benzene rings is 2. The highest BCUT2D eigenvalue weighted by Gasteiger charge is 2.12. The fourth-order valence-electron chi connectivity index (χ4n) is 2.45. The molecule has 0 bridgehead atoms. The van der Waals surface area contributed by atoms with Crippen LogP contribution < -0.4 is 0 Å². The topological polar surface area (TPSA) is 66.0 Å². The first kappa shape index (κ1) is 13.4. The number of fused-ring (bicyclic) bond motifs is 1. The van der Waals surface area contributed by atoms with Crippen molar-refractivity contribution in [3.8, 4) is 0 Å². The van der Waals surface area contributed by atoms with E-state index in [9.17, 15) is 9.90 Å². The quantitative estimate of drug-likeness (QED) is 0.772. The predicted octanol–water partition coefficient (Wildman–Crippen LogP) is 3.47. The van der Waals surface area contributed by atoms with Gasteiger partial charge in [0.05, 0.1) is 11.1 Å². The van der Waals surface area contributed by atoms with Gasteiger partial charge in [0.25, 0.3) is 0 Å². The number of aromatic carboxylic acids is 1. The Balaban J connectivity index is 1.99. The maximum atomic E-state index is 11.2. The summed E-state index contributed by atoms with van der Waals surface area (Å²) in [5.41, 5.74) is 5.17. The van der Waals surface area contributed by atoms with E-state index in [0.29, 0.717) is 11.9 Å². The normalized spacial score (nSPS) is 11.0. The lowest BCUT2D eigenvalue weighted by Gasteiger charge is -2.03. The van der Waals surface area contributed by atoms with Crippen molar-refractivity contribution in [1.82, 2.24) is 9.97 Å². The molecule has 3 aromatic rings. The fourth-order valence-corrected chi connectivity index (χ4v) is 2.45. The lowest BCUT2D eigenvalue weighted by Crippen LogP contribution is -1.97. The second kappa shape index (κ2) is 5.05. The second-order valence-corrected chi connectivity index (χ2v) is 5.29. The van der Waals surface area contributed by atoms with Gasteiger partial charge in [0, 0.05) is 6.42 Å². The van der Waals surface area contributed by atoms with Crippen LogP contribution in [0.3, 0.4) is 0 Å². The van der Waals surface area contributed by atoms with E-state index in [-0.39, 0.29) is 5.56 Å². The minimum atomic E-state index is -0.954. The lowest BCUT2D eigenvalue weighted by atomic mass is 10.0. The zero-order valence-corrected chi connectivity index (χ0v) is 12.0. The molecule has 1 heterocycles. The molecule has 3 rings (SSSR count). The lowest BCUT2D eigenvalue weighted by molar-refractivity contribution is 0.0699. The second-order valence-electron chi connectivity index (χ2n) is 5.29. The zero-order valence-electron chi connectivity index (χ0n) is 12.0. The van der Waals surface area contributed by atoms with Crippen LogP contribution in [0.25, 0.3) is 11.0 Å². The van der Waals surface area contributed by atoms with Crippen molar-refractivity contribution in [3.05, 3.63) is 64.5 Å². The number of rotatable bonds is 3. The smallest absolute Gasteiger partial charge is 0.337 e. The summed E-state index contributed by atoms with van der Waals surface area (Å²) >= 11 is 0. The Labute approximate surface area is 122 Å². The maximum absolute atomic E-state index is 11.2. The minimum Gasteiger partial charge on any atom is -0.478 e. The van der Waals surface area contributed by atoms with Crippen molar-refractivity contribution in [1.29, 1.82) is 0 Å². The molecule has 0 radical (unpaired) electrons. The molecular weight excluding hydrogens is 264 g/mol. The van der Waals surface area contributed by atoms with E-state index < -0.39 is 5.97 Å². The molecule has 0 fully saturated rings. The number of nitrogens with one attached hydrogen (secondary N) is 1. The van der Waals surface area contributed by atoms with Crippen LogP contribution in [0.5, 0.6) is 0 Å². The Morgan fingerprint density at radius 1 is 1.19 bits per heavy atom. The molecule has 0 saturated heterocycles.